The molecule has 19 heavy (non-hydrogen) atoms. The van der Waals surface area contributed by atoms with Crippen molar-refractivity contribution >= 4 is 5.69 Å². The topological polar surface area (TPSA) is 36.3 Å². The van der Waals surface area contributed by atoms with E-state index in [2.05, 4.69) is 0 Å². The lowest BCUT2D eigenvalue weighted by Gasteiger charge is -2.28. The second-order valence-corrected chi connectivity index (χ2v) is 4.36. The summed E-state index contributed by atoms with van der Waals surface area (Å²) in [5, 5.41) is 8.64. The van der Waals surface area contributed by atoms with Crippen LogP contribution >= 0.6 is 0 Å². The van der Waals surface area contributed by atoms with E-state index in [1.165, 1.54) is 12.1 Å². The number of benzene rings is 1. The number of anilines is 1. The van der Waals surface area contributed by atoms with Crippen LogP contribution in [0.5, 0.6) is 0 Å². The lowest BCUT2D eigenvalue weighted by molar-refractivity contribution is 0.222. The Morgan fingerprint density at radius 3 is 2.74 bits per heavy atom. The molecule has 1 aromatic rings. The molecule has 0 amide bonds. The summed E-state index contributed by atoms with van der Waals surface area (Å²) < 4.78 is 32.5. The molecule has 0 saturated heterocycles. The van der Waals surface area contributed by atoms with Crippen molar-refractivity contribution in [3.63, 3.8) is 0 Å². The van der Waals surface area contributed by atoms with Gasteiger partial charge in [-0.25, -0.2) is 8.78 Å². The number of nitriles is 1. The average Bonchev–Trinajstić information content (AvgIpc) is 2.43. The van der Waals surface area contributed by atoms with Gasteiger partial charge in [-0.15, -0.1) is 0 Å². The van der Waals surface area contributed by atoms with E-state index < -0.39 is 11.6 Å². The van der Waals surface area contributed by atoms with Crippen LogP contribution in [0.2, 0.25) is 0 Å². The first kappa shape index (κ1) is 13.5. The third-order valence-corrected chi connectivity index (χ3v) is 3.16. The van der Waals surface area contributed by atoms with E-state index in [-0.39, 0.29) is 11.3 Å². The van der Waals surface area contributed by atoms with Crippen LogP contribution in [-0.2, 0) is 4.74 Å². The van der Waals surface area contributed by atoms with E-state index in [0.717, 1.165) is 12.0 Å². The highest BCUT2D eigenvalue weighted by Gasteiger charge is 2.19. The van der Waals surface area contributed by atoms with Crippen LogP contribution in [-0.4, -0.2) is 26.8 Å². The fourth-order valence-electron chi connectivity index (χ4n) is 2.12. The van der Waals surface area contributed by atoms with E-state index >= 15 is 0 Å². The van der Waals surface area contributed by atoms with Gasteiger partial charge in [0.1, 0.15) is 6.07 Å². The summed E-state index contributed by atoms with van der Waals surface area (Å²) in [7, 11) is 1.63. The number of methoxy groups -OCH3 is 1. The number of halogens is 2. The highest BCUT2D eigenvalue weighted by Crippen LogP contribution is 2.26. The maximum Gasteiger partial charge on any atom is 0.183 e. The summed E-state index contributed by atoms with van der Waals surface area (Å²) in [5.74, 6) is -2.03. The Morgan fingerprint density at radius 1 is 1.37 bits per heavy atom. The summed E-state index contributed by atoms with van der Waals surface area (Å²) >= 11 is 0. The molecule has 0 aliphatic carbocycles. The Hall–Kier alpha value is -1.93. The van der Waals surface area contributed by atoms with Crippen molar-refractivity contribution in [1.29, 1.82) is 5.26 Å². The molecule has 0 spiro atoms. The molecular formula is C14H14F2N2O. The van der Waals surface area contributed by atoms with Gasteiger partial charge in [-0.05, 0) is 24.1 Å². The van der Waals surface area contributed by atoms with Crippen molar-refractivity contribution in [3.05, 3.63) is 41.0 Å². The van der Waals surface area contributed by atoms with Gasteiger partial charge in [0.2, 0.25) is 0 Å². The van der Waals surface area contributed by atoms with Crippen LogP contribution < -0.4 is 4.90 Å². The SMILES string of the molecule is COCC1=CCN(c2ccc(C#N)c(F)c2F)CC1. The summed E-state index contributed by atoms with van der Waals surface area (Å²) in [5.41, 5.74) is 1.09. The van der Waals surface area contributed by atoms with E-state index in [1.54, 1.807) is 18.1 Å². The van der Waals surface area contributed by atoms with Crippen molar-refractivity contribution in [2.45, 2.75) is 6.42 Å². The van der Waals surface area contributed by atoms with E-state index in [4.69, 9.17) is 10.00 Å². The molecule has 0 saturated carbocycles. The fraction of sp³-hybridized carbons (Fsp3) is 0.357. The Kier molecular flexibility index (Phi) is 4.13. The first-order valence-electron chi connectivity index (χ1n) is 5.97. The van der Waals surface area contributed by atoms with Crippen LogP contribution in [0.4, 0.5) is 14.5 Å². The summed E-state index contributed by atoms with van der Waals surface area (Å²) in [6.45, 7) is 1.69. The normalized spacial score (nSPS) is 15.1. The fourth-order valence-corrected chi connectivity index (χ4v) is 2.12. The zero-order valence-electron chi connectivity index (χ0n) is 10.6. The molecule has 0 radical (unpaired) electrons. The van der Waals surface area contributed by atoms with Crippen molar-refractivity contribution < 1.29 is 13.5 Å². The van der Waals surface area contributed by atoms with Gasteiger partial charge in [-0.2, -0.15) is 5.26 Å². The van der Waals surface area contributed by atoms with Crippen LogP contribution in [0.1, 0.15) is 12.0 Å². The number of hydrogen-bond donors (Lipinski definition) is 0. The second kappa shape index (κ2) is 5.81. The summed E-state index contributed by atoms with van der Waals surface area (Å²) in [4.78, 5) is 1.75. The Balaban J connectivity index is 2.21. The van der Waals surface area contributed by atoms with Crippen LogP contribution in [0, 0.1) is 23.0 Å². The van der Waals surface area contributed by atoms with Crippen molar-refractivity contribution in [3.8, 4) is 6.07 Å². The minimum absolute atomic E-state index is 0.198. The van der Waals surface area contributed by atoms with Gasteiger partial charge in [0, 0.05) is 20.2 Å². The molecular weight excluding hydrogens is 250 g/mol. The Morgan fingerprint density at radius 2 is 2.16 bits per heavy atom. The van der Waals surface area contributed by atoms with Gasteiger partial charge in [0.15, 0.2) is 11.6 Å². The first-order chi connectivity index (χ1) is 9.17. The summed E-state index contributed by atoms with van der Waals surface area (Å²) in [6.07, 6.45) is 2.72. The molecule has 3 nitrogen and oxygen atoms in total. The highest BCUT2D eigenvalue weighted by atomic mass is 19.2. The predicted molar refractivity (Wildman–Crippen MR) is 67.9 cm³/mol. The molecule has 0 N–H and O–H groups in total. The maximum absolute atomic E-state index is 13.9. The smallest absolute Gasteiger partial charge is 0.183 e. The number of hydrogen-bond acceptors (Lipinski definition) is 3. The molecule has 0 atom stereocenters. The largest absolute Gasteiger partial charge is 0.380 e. The Bertz CT molecular complexity index is 549. The van der Waals surface area contributed by atoms with Crippen LogP contribution in [0.15, 0.2) is 23.8 Å². The molecule has 5 heteroatoms. The Labute approximate surface area is 110 Å². The van der Waals surface area contributed by atoms with Gasteiger partial charge in [-0.1, -0.05) is 6.08 Å². The molecule has 0 aromatic heterocycles. The van der Waals surface area contributed by atoms with Crippen LogP contribution in [0.3, 0.4) is 0 Å². The highest BCUT2D eigenvalue weighted by molar-refractivity contribution is 5.53. The molecule has 0 unspecified atom stereocenters. The second-order valence-electron chi connectivity index (χ2n) is 4.36. The maximum atomic E-state index is 13.9. The standard InChI is InChI=1S/C14H14F2N2O/c1-19-9-10-4-6-18(7-5-10)12-3-2-11(8-17)13(15)14(12)16/h2-4H,5-7,9H2,1H3. The molecule has 0 bridgehead atoms. The number of rotatable bonds is 3. The molecule has 1 aliphatic rings. The van der Waals surface area contributed by atoms with Crippen molar-refractivity contribution in [2.24, 2.45) is 0 Å². The van der Waals surface area contributed by atoms with E-state index in [0.29, 0.717) is 19.7 Å². The van der Waals surface area contributed by atoms with E-state index in [9.17, 15) is 8.78 Å². The minimum Gasteiger partial charge on any atom is -0.380 e. The third-order valence-electron chi connectivity index (χ3n) is 3.16. The zero-order valence-corrected chi connectivity index (χ0v) is 10.6. The zero-order chi connectivity index (χ0) is 13.8. The van der Waals surface area contributed by atoms with Crippen molar-refractivity contribution in [1.82, 2.24) is 0 Å². The first-order valence-corrected chi connectivity index (χ1v) is 5.97. The molecule has 1 heterocycles. The molecule has 1 aromatic carbocycles. The minimum atomic E-state index is -1.08. The quantitative estimate of drug-likeness (QED) is 0.787. The van der Waals surface area contributed by atoms with Gasteiger partial charge < -0.3 is 9.64 Å². The van der Waals surface area contributed by atoms with Gasteiger partial charge >= 0.3 is 0 Å². The molecule has 2 rings (SSSR count). The van der Waals surface area contributed by atoms with E-state index in [1.807, 2.05) is 6.08 Å². The number of ether oxygens (including phenoxy) is 1. The molecule has 0 fully saturated rings. The van der Waals surface area contributed by atoms with Gasteiger partial charge in [-0.3, -0.25) is 0 Å². The molecule has 1 aliphatic heterocycles. The third kappa shape index (κ3) is 2.74. The predicted octanol–water partition coefficient (Wildman–Crippen LogP) is 2.62. The molecule has 100 valence electrons. The monoisotopic (exact) mass is 264 g/mol. The van der Waals surface area contributed by atoms with Crippen molar-refractivity contribution in [2.75, 3.05) is 31.7 Å². The average molecular weight is 264 g/mol. The lowest BCUT2D eigenvalue weighted by Crippen LogP contribution is -2.30. The lowest BCUT2D eigenvalue weighted by atomic mass is 10.1. The van der Waals surface area contributed by atoms with Crippen LogP contribution in [0.25, 0.3) is 0 Å². The summed E-state index contributed by atoms with van der Waals surface area (Å²) in [6, 6.07) is 4.39. The van der Waals surface area contributed by atoms with Gasteiger partial charge in [0.25, 0.3) is 0 Å². The number of nitrogens with zero attached hydrogens (tertiary/aromatic N) is 2. The van der Waals surface area contributed by atoms with Gasteiger partial charge in [0.05, 0.1) is 17.9 Å².